The summed E-state index contributed by atoms with van der Waals surface area (Å²) < 4.78 is 11.8. The van der Waals surface area contributed by atoms with Crippen LogP contribution < -0.4 is 0 Å². The smallest absolute Gasteiger partial charge is 0.272 e. The maximum Gasteiger partial charge on any atom is 0.272 e. The molecule has 1 aromatic carbocycles. The summed E-state index contributed by atoms with van der Waals surface area (Å²) in [7, 11) is 1.75. The van der Waals surface area contributed by atoms with Gasteiger partial charge in [-0.15, -0.1) is 0 Å². The minimum absolute atomic E-state index is 0.0496. The zero-order chi connectivity index (χ0) is 18.1. The molecule has 0 unspecified atom stereocenters. The number of hydrogen-bond donors (Lipinski definition) is 0. The van der Waals surface area contributed by atoms with Crippen LogP contribution in [-0.2, 0) is 9.47 Å². The Hall–Kier alpha value is -1.69. The maximum absolute atomic E-state index is 12.9. The molecule has 26 heavy (non-hydrogen) atoms. The minimum Gasteiger partial charge on any atom is -0.378 e. The van der Waals surface area contributed by atoms with Crippen molar-refractivity contribution >= 4 is 28.4 Å². The number of pyridine rings is 1. The molecule has 3 heterocycles. The van der Waals surface area contributed by atoms with Gasteiger partial charge in [0.25, 0.3) is 5.91 Å². The Labute approximate surface area is 158 Å². The average Bonchev–Trinajstić information content (AvgIpc) is 2.68. The molecule has 1 aromatic heterocycles. The van der Waals surface area contributed by atoms with Gasteiger partial charge >= 0.3 is 0 Å². The molecule has 2 fully saturated rings. The molecule has 2 aliphatic rings. The highest BCUT2D eigenvalue weighted by molar-refractivity contribution is 6.35. The quantitative estimate of drug-likeness (QED) is 0.804. The Balaban J connectivity index is 1.51. The van der Waals surface area contributed by atoms with Crippen LogP contribution in [0.25, 0.3) is 10.9 Å². The summed E-state index contributed by atoms with van der Waals surface area (Å²) in [5, 5.41) is 1.50. The second-order valence-corrected chi connectivity index (χ2v) is 7.49. The molecule has 1 atom stereocenters. The molecule has 2 aromatic rings. The molecular weight excluding hydrogens is 352 g/mol. The largest absolute Gasteiger partial charge is 0.378 e. The van der Waals surface area contributed by atoms with E-state index >= 15 is 0 Å². The second kappa shape index (κ2) is 7.14. The molecule has 138 valence electrons. The molecule has 4 rings (SSSR count). The van der Waals surface area contributed by atoms with Crippen molar-refractivity contribution in [1.29, 1.82) is 0 Å². The van der Waals surface area contributed by atoms with Gasteiger partial charge in [0.15, 0.2) is 0 Å². The van der Waals surface area contributed by atoms with Crippen LogP contribution in [0.1, 0.15) is 36.2 Å². The van der Waals surface area contributed by atoms with Crippen LogP contribution in [0.2, 0.25) is 5.02 Å². The number of amides is 1. The molecule has 5 nitrogen and oxygen atoms in total. The highest BCUT2D eigenvalue weighted by Gasteiger charge is 2.45. The third-order valence-corrected chi connectivity index (χ3v) is 5.96. The summed E-state index contributed by atoms with van der Waals surface area (Å²) in [6, 6.07) is 9.30. The van der Waals surface area contributed by atoms with E-state index in [1.165, 1.54) is 0 Å². The van der Waals surface area contributed by atoms with Crippen molar-refractivity contribution in [2.45, 2.75) is 37.4 Å². The Morgan fingerprint density at radius 1 is 1.31 bits per heavy atom. The van der Waals surface area contributed by atoms with Crippen molar-refractivity contribution in [2.24, 2.45) is 0 Å². The highest BCUT2D eigenvalue weighted by atomic mass is 35.5. The standard InChI is InChI=1S/C20H23ClN2O3/c1-25-17-6-3-13-26-20(17)9-11-23(12-10-20)19(24)16-8-7-14-4-2-5-15(21)18(14)22-16/h2,4-5,7-8,17H,3,6,9-13H2,1H3/t17-/m1/s1. The number of nitrogens with zero attached hydrogens (tertiary/aromatic N) is 2. The van der Waals surface area contributed by atoms with Gasteiger partial charge in [-0.25, -0.2) is 4.98 Å². The molecule has 0 N–H and O–H groups in total. The lowest BCUT2D eigenvalue weighted by Gasteiger charge is -2.47. The summed E-state index contributed by atoms with van der Waals surface area (Å²) in [6.45, 7) is 2.08. The number of piperidine rings is 1. The molecule has 6 heteroatoms. The number of carbonyl (C=O) groups excluding carboxylic acids is 1. The monoisotopic (exact) mass is 374 g/mol. The lowest BCUT2D eigenvalue weighted by molar-refractivity contribution is -0.183. The fraction of sp³-hybridized carbons (Fsp3) is 0.500. The number of methoxy groups -OCH3 is 1. The Morgan fingerprint density at radius 3 is 2.88 bits per heavy atom. The lowest BCUT2D eigenvalue weighted by atomic mass is 9.82. The van der Waals surface area contributed by atoms with Crippen LogP contribution in [0.4, 0.5) is 0 Å². The number of likely N-dealkylation sites (tertiary alicyclic amines) is 1. The fourth-order valence-corrected chi connectivity index (χ4v) is 4.40. The van der Waals surface area contributed by atoms with Crippen molar-refractivity contribution in [1.82, 2.24) is 9.88 Å². The first-order chi connectivity index (χ1) is 12.6. The predicted molar refractivity (Wildman–Crippen MR) is 101 cm³/mol. The van der Waals surface area contributed by atoms with Crippen molar-refractivity contribution < 1.29 is 14.3 Å². The summed E-state index contributed by atoms with van der Waals surface area (Å²) >= 11 is 6.23. The highest BCUT2D eigenvalue weighted by Crippen LogP contribution is 2.37. The number of benzene rings is 1. The minimum atomic E-state index is -0.246. The third-order valence-electron chi connectivity index (χ3n) is 5.66. The molecule has 1 amide bonds. The molecule has 1 spiro atoms. The summed E-state index contributed by atoms with van der Waals surface area (Å²) in [5.41, 5.74) is 0.863. The van der Waals surface area contributed by atoms with E-state index in [2.05, 4.69) is 4.98 Å². The van der Waals surface area contributed by atoms with E-state index in [1.807, 2.05) is 23.1 Å². The van der Waals surface area contributed by atoms with Gasteiger partial charge in [-0.1, -0.05) is 29.8 Å². The van der Waals surface area contributed by atoms with Crippen LogP contribution >= 0.6 is 11.6 Å². The fourth-order valence-electron chi connectivity index (χ4n) is 4.18. The van der Waals surface area contributed by atoms with E-state index in [4.69, 9.17) is 21.1 Å². The van der Waals surface area contributed by atoms with Crippen LogP contribution in [0.5, 0.6) is 0 Å². The zero-order valence-corrected chi connectivity index (χ0v) is 15.7. The Kier molecular flexibility index (Phi) is 4.86. The number of halogens is 1. The van der Waals surface area contributed by atoms with Gasteiger partial charge in [0.05, 0.1) is 22.2 Å². The van der Waals surface area contributed by atoms with Gasteiger partial charge in [0.1, 0.15) is 5.69 Å². The summed E-state index contributed by atoms with van der Waals surface area (Å²) in [4.78, 5) is 19.3. The molecule has 0 bridgehead atoms. The van der Waals surface area contributed by atoms with Gasteiger partial charge in [-0.3, -0.25) is 4.79 Å². The van der Waals surface area contributed by atoms with Crippen molar-refractivity contribution in [3.63, 3.8) is 0 Å². The number of ether oxygens (including phenoxy) is 2. The van der Waals surface area contributed by atoms with Gasteiger partial charge in [-0.2, -0.15) is 0 Å². The van der Waals surface area contributed by atoms with E-state index in [0.717, 1.165) is 37.7 Å². The van der Waals surface area contributed by atoms with E-state index in [-0.39, 0.29) is 17.6 Å². The van der Waals surface area contributed by atoms with Crippen molar-refractivity contribution in [2.75, 3.05) is 26.8 Å². The third kappa shape index (κ3) is 3.08. The average molecular weight is 375 g/mol. The molecule has 2 aliphatic heterocycles. The normalized spacial score (nSPS) is 22.7. The van der Waals surface area contributed by atoms with Crippen molar-refractivity contribution in [3.05, 3.63) is 41.0 Å². The number of para-hydroxylation sites is 1. The molecule has 0 aliphatic carbocycles. The van der Waals surface area contributed by atoms with E-state index in [9.17, 15) is 4.79 Å². The maximum atomic E-state index is 12.9. The first-order valence-corrected chi connectivity index (χ1v) is 9.52. The number of hydrogen-bond acceptors (Lipinski definition) is 4. The zero-order valence-electron chi connectivity index (χ0n) is 14.9. The number of rotatable bonds is 2. The molecule has 2 saturated heterocycles. The predicted octanol–water partition coefficient (Wildman–Crippen LogP) is 3.69. The van der Waals surface area contributed by atoms with Crippen molar-refractivity contribution in [3.8, 4) is 0 Å². The van der Waals surface area contributed by atoms with E-state index in [1.54, 1.807) is 19.2 Å². The summed E-state index contributed by atoms with van der Waals surface area (Å²) in [6.07, 6.45) is 3.77. The first kappa shape index (κ1) is 17.7. The van der Waals surface area contributed by atoms with Crippen LogP contribution in [-0.4, -0.2) is 54.3 Å². The lowest BCUT2D eigenvalue weighted by Crippen LogP contribution is -2.56. The van der Waals surface area contributed by atoms with Gasteiger partial charge in [0, 0.05) is 32.2 Å². The van der Waals surface area contributed by atoms with Crippen LogP contribution in [0.3, 0.4) is 0 Å². The Bertz CT molecular complexity index is 818. The van der Waals surface area contributed by atoms with Crippen LogP contribution in [0.15, 0.2) is 30.3 Å². The number of carbonyl (C=O) groups is 1. The molecule has 0 saturated carbocycles. The number of aromatic nitrogens is 1. The van der Waals surface area contributed by atoms with Crippen LogP contribution in [0, 0.1) is 0 Å². The number of fused-ring (bicyclic) bond motifs is 1. The van der Waals surface area contributed by atoms with Gasteiger partial charge in [-0.05, 0) is 37.8 Å². The summed E-state index contributed by atoms with van der Waals surface area (Å²) in [5.74, 6) is -0.0496. The first-order valence-electron chi connectivity index (χ1n) is 9.14. The molecular formula is C20H23ClN2O3. The van der Waals surface area contributed by atoms with Gasteiger partial charge < -0.3 is 14.4 Å². The topological polar surface area (TPSA) is 51.7 Å². The van der Waals surface area contributed by atoms with Gasteiger partial charge in [0.2, 0.25) is 0 Å². The molecule has 0 radical (unpaired) electrons. The SMILES string of the molecule is CO[C@@H]1CCCOC12CCN(C(=O)c1ccc3cccc(Cl)c3n1)CC2. The Morgan fingerprint density at radius 2 is 2.12 bits per heavy atom. The van der Waals surface area contributed by atoms with E-state index < -0.39 is 0 Å². The van der Waals surface area contributed by atoms with E-state index in [0.29, 0.717) is 29.3 Å². The second-order valence-electron chi connectivity index (χ2n) is 7.08.